The summed E-state index contributed by atoms with van der Waals surface area (Å²) in [6.45, 7) is 5.27. The molecule has 21 heavy (non-hydrogen) atoms. The van der Waals surface area contributed by atoms with E-state index >= 15 is 0 Å². The van der Waals surface area contributed by atoms with Crippen LogP contribution in [0, 0.1) is 0 Å². The van der Waals surface area contributed by atoms with Crippen molar-refractivity contribution in [1.82, 2.24) is 4.90 Å². The van der Waals surface area contributed by atoms with E-state index in [9.17, 15) is 14.7 Å². The molecule has 2 rings (SSSR count). The van der Waals surface area contributed by atoms with Gasteiger partial charge in [0.2, 0.25) is 0 Å². The highest BCUT2D eigenvalue weighted by Crippen LogP contribution is 2.32. The summed E-state index contributed by atoms with van der Waals surface area (Å²) >= 11 is 0. The fourth-order valence-electron chi connectivity index (χ4n) is 2.51. The van der Waals surface area contributed by atoms with E-state index in [4.69, 9.17) is 4.74 Å². The van der Waals surface area contributed by atoms with Crippen LogP contribution in [0.5, 0.6) is 5.75 Å². The zero-order valence-corrected chi connectivity index (χ0v) is 12.7. The van der Waals surface area contributed by atoms with Crippen molar-refractivity contribution in [2.45, 2.75) is 32.4 Å². The van der Waals surface area contributed by atoms with Crippen LogP contribution < -0.4 is 9.64 Å². The summed E-state index contributed by atoms with van der Waals surface area (Å²) in [6, 6.07) is 6.29. The molecule has 1 aliphatic rings. The maximum absolute atomic E-state index is 12.6. The lowest BCUT2D eigenvalue weighted by atomic mass is 10.0. The molecule has 6 heteroatoms. The Kier molecular flexibility index (Phi) is 3.80. The minimum atomic E-state index is -1.14. The molecule has 1 N–H and O–H groups in total. The van der Waals surface area contributed by atoms with Crippen LogP contribution in [0.3, 0.4) is 0 Å². The molecule has 1 aromatic carbocycles. The van der Waals surface area contributed by atoms with E-state index in [-0.39, 0.29) is 12.5 Å². The molecule has 0 saturated carbocycles. The highest BCUT2D eigenvalue weighted by molar-refractivity contribution is 6.00. The Balaban J connectivity index is 2.41. The SMILES string of the molecule is CN1C(=O)C(N(C(=O)O)C(C)(C)C)COc2ccccc21. The zero-order valence-electron chi connectivity index (χ0n) is 12.7. The minimum Gasteiger partial charge on any atom is -0.489 e. The average molecular weight is 292 g/mol. The summed E-state index contributed by atoms with van der Waals surface area (Å²) in [5, 5.41) is 9.47. The van der Waals surface area contributed by atoms with Gasteiger partial charge >= 0.3 is 6.09 Å². The normalized spacial score (nSPS) is 18.6. The molecule has 0 fully saturated rings. The van der Waals surface area contributed by atoms with Gasteiger partial charge in [0.1, 0.15) is 18.4 Å². The lowest BCUT2D eigenvalue weighted by Crippen LogP contribution is -2.58. The number of carbonyl (C=O) groups excluding carboxylic acids is 1. The van der Waals surface area contributed by atoms with Gasteiger partial charge in [-0.05, 0) is 32.9 Å². The Morgan fingerprint density at radius 1 is 1.38 bits per heavy atom. The molecule has 1 atom stereocenters. The monoisotopic (exact) mass is 292 g/mol. The second kappa shape index (κ2) is 5.27. The summed E-state index contributed by atoms with van der Waals surface area (Å²) in [5.41, 5.74) is -0.0587. The number of carboxylic acid groups (broad SMARTS) is 1. The molecule has 0 bridgehead atoms. The maximum atomic E-state index is 12.6. The number of rotatable bonds is 1. The van der Waals surface area contributed by atoms with Crippen molar-refractivity contribution in [3.8, 4) is 5.75 Å². The highest BCUT2D eigenvalue weighted by atomic mass is 16.5. The van der Waals surface area contributed by atoms with Crippen LogP contribution in [-0.4, -0.2) is 47.2 Å². The van der Waals surface area contributed by atoms with Crippen molar-refractivity contribution in [3.63, 3.8) is 0 Å². The highest BCUT2D eigenvalue weighted by Gasteiger charge is 2.41. The van der Waals surface area contributed by atoms with Gasteiger partial charge in [-0.1, -0.05) is 12.1 Å². The first-order valence-electron chi connectivity index (χ1n) is 6.75. The number of ether oxygens (including phenoxy) is 1. The van der Waals surface area contributed by atoms with Gasteiger partial charge < -0.3 is 14.7 Å². The maximum Gasteiger partial charge on any atom is 0.408 e. The van der Waals surface area contributed by atoms with Crippen LogP contribution >= 0.6 is 0 Å². The van der Waals surface area contributed by atoms with Crippen LogP contribution in [0.4, 0.5) is 10.5 Å². The average Bonchev–Trinajstić information content (AvgIpc) is 2.50. The molecule has 0 radical (unpaired) electrons. The predicted octanol–water partition coefficient (Wildman–Crippen LogP) is 2.19. The molecular formula is C15H20N2O4. The molecule has 1 heterocycles. The molecule has 1 aliphatic heterocycles. The topological polar surface area (TPSA) is 70.1 Å². The van der Waals surface area contributed by atoms with Crippen LogP contribution in [0.1, 0.15) is 20.8 Å². The van der Waals surface area contributed by atoms with E-state index in [1.165, 1.54) is 4.90 Å². The number of hydrogen-bond acceptors (Lipinski definition) is 3. The second-order valence-electron chi connectivity index (χ2n) is 6.02. The van der Waals surface area contributed by atoms with Gasteiger partial charge in [-0.25, -0.2) is 4.79 Å². The van der Waals surface area contributed by atoms with Crippen molar-refractivity contribution < 1.29 is 19.4 Å². The largest absolute Gasteiger partial charge is 0.489 e. The molecular weight excluding hydrogens is 272 g/mol. The number of hydrogen-bond donors (Lipinski definition) is 1. The number of carbonyl (C=O) groups is 2. The van der Waals surface area contributed by atoms with E-state index in [1.54, 1.807) is 40.0 Å². The number of nitrogens with zero attached hydrogens (tertiary/aromatic N) is 2. The van der Waals surface area contributed by atoms with E-state index in [0.29, 0.717) is 11.4 Å². The quantitative estimate of drug-likeness (QED) is 0.861. The van der Waals surface area contributed by atoms with Crippen molar-refractivity contribution in [1.29, 1.82) is 0 Å². The molecule has 0 saturated heterocycles. The third kappa shape index (κ3) is 2.79. The molecule has 1 aromatic rings. The van der Waals surface area contributed by atoms with E-state index in [2.05, 4.69) is 0 Å². The first-order chi connectivity index (χ1) is 9.73. The fraction of sp³-hybridized carbons (Fsp3) is 0.467. The summed E-state index contributed by atoms with van der Waals surface area (Å²) in [6.07, 6.45) is -1.14. The Labute approximate surface area is 123 Å². The minimum absolute atomic E-state index is 0.00373. The number of fused-ring (bicyclic) bond motifs is 1. The van der Waals surface area contributed by atoms with Crippen LogP contribution in [-0.2, 0) is 4.79 Å². The second-order valence-corrected chi connectivity index (χ2v) is 6.02. The number of amides is 2. The van der Waals surface area contributed by atoms with Gasteiger partial charge in [0.05, 0.1) is 5.69 Å². The van der Waals surface area contributed by atoms with E-state index in [0.717, 1.165) is 4.90 Å². The van der Waals surface area contributed by atoms with E-state index < -0.39 is 17.7 Å². The standard InChI is InChI=1S/C15H20N2O4/c1-15(2,3)17(14(19)20)11-9-21-12-8-6-5-7-10(12)16(4)13(11)18/h5-8,11H,9H2,1-4H3,(H,19,20). The Bertz CT molecular complexity index is 565. The number of likely N-dealkylation sites (N-methyl/N-ethyl adjacent to an activating group) is 1. The smallest absolute Gasteiger partial charge is 0.408 e. The number of benzene rings is 1. The van der Waals surface area contributed by atoms with Crippen molar-refractivity contribution in [2.75, 3.05) is 18.6 Å². The van der Waals surface area contributed by atoms with Crippen molar-refractivity contribution in [3.05, 3.63) is 24.3 Å². The molecule has 1 unspecified atom stereocenters. The molecule has 114 valence electrons. The molecule has 6 nitrogen and oxygen atoms in total. The Morgan fingerprint density at radius 3 is 2.57 bits per heavy atom. The summed E-state index contributed by atoms with van der Waals surface area (Å²) in [5.74, 6) is 0.285. The Morgan fingerprint density at radius 2 is 2.00 bits per heavy atom. The molecule has 0 aliphatic carbocycles. The molecule has 0 spiro atoms. The van der Waals surface area contributed by atoms with Gasteiger partial charge in [0.15, 0.2) is 0 Å². The lowest BCUT2D eigenvalue weighted by molar-refractivity contribution is -0.125. The van der Waals surface area contributed by atoms with Crippen molar-refractivity contribution in [2.24, 2.45) is 0 Å². The Hall–Kier alpha value is -2.24. The lowest BCUT2D eigenvalue weighted by Gasteiger charge is -2.38. The number of para-hydroxylation sites is 2. The van der Waals surface area contributed by atoms with Gasteiger partial charge in [-0.15, -0.1) is 0 Å². The van der Waals surface area contributed by atoms with Gasteiger partial charge in [0, 0.05) is 12.6 Å². The zero-order chi connectivity index (χ0) is 15.8. The van der Waals surface area contributed by atoms with Crippen molar-refractivity contribution >= 4 is 17.7 Å². The van der Waals surface area contributed by atoms with Crippen LogP contribution in [0.15, 0.2) is 24.3 Å². The van der Waals surface area contributed by atoms with Gasteiger partial charge in [-0.2, -0.15) is 0 Å². The third-order valence-corrected chi connectivity index (χ3v) is 3.48. The fourth-order valence-corrected chi connectivity index (χ4v) is 2.51. The molecule has 0 aromatic heterocycles. The summed E-state index contributed by atoms with van der Waals surface area (Å²) in [7, 11) is 1.63. The summed E-state index contributed by atoms with van der Waals surface area (Å²) < 4.78 is 5.66. The summed E-state index contributed by atoms with van der Waals surface area (Å²) in [4.78, 5) is 26.8. The van der Waals surface area contributed by atoms with E-state index in [1.807, 2.05) is 12.1 Å². The third-order valence-electron chi connectivity index (χ3n) is 3.48. The number of anilines is 1. The molecule has 2 amide bonds. The first-order valence-corrected chi connectivity index (χ1v) is 6.75. The van der Waals surface area contributed by atoms with Crippen LogP contribution in [0.25, 0.3) is 0 Å². The van der Waals surface area contributed by atoms with Gasteiger partial charge in [0.25, 0.3) is 5.91 Å². The first kappa shape index (κ1) is 15.2. The predicted molar refractivity (Wildman–Crippen MR) is 78.8 cm³/mol. The van der Waals surface area contributed by atoms with Gasteiger partial charge in [-0.3, -0.25) is 9.69 Å². The van der Waals surface area contributed by atoms with Crippen LogP contribution in [0.2, 0.25) is 0 Å².